The number of hydrogen-bond donors (Lipinski definition) is 1. The number of rotatable bonds is 7. The molecule has 0 radical (unpaired) electrons. The monoisotopic (exact) mass is 355 g/mol. The Bertz CT molecular complexity index is 682. The average Bonchev–Trinajstić information content (AvgIpc) is 3.21. The number of piperidine rings is 1. The number of amides is 1. The van der Waals surface area contributed by atoms with Crippen LogP contribution in [0.5, 0.6) is 5.75 Å². The summed E-state index contributed by atoms with van der Waals surface area (Å²) < 4.78 is 5.22. The van der Waals surface area contributed by atoms with E-state index in [9.17, 15) is 4.79 Å². The molecule has 1 N–H and O–H groups in total. The number of benzene rings is 1. The van der Waals surface area contributed by atoms with Crippen molar-refractivity contribution in [2.24, 2.45) is 5.92 Å². The molecule has 3 rings (SSSR count). The van der Waals surface area contributed by atoms with E-state index in [-0.39, 0.29) is 5.91 Å². The summed E-state index contributed by atoms with van der Waals surface area (Å²) in [5.41, 5.74) is 2.08. The number of nitrogens with zero attached hydrogens (tertiary/aromatic N) is 2. The van der Waals surface area contributed by atoms with Crippen LogP contribution < -0.4 is 4.74 Å². The summed E-state index contributed by atoms with van der Waals surface area (Å²) >= 11 is 0. The number of likely N-dealkylation sites (tertiary alicyclic amines) is 1. The van der Waals surface area contributed by atoms with E-state index in [1.807, 2.05) is 30.1 Å². The van der Waals surface area contributed by atoms with Gasteiger partial charge in [-0.05, 0) is 55.5 Å². The van der Waals surface area contributed by atoms with Crippen molar-refractivity contribution in [3.8, 4) is 5.75 Å². The van der Waals surface area contributed by atoms with E-state index < -0.39 is 0 Å². The number of nitrogens with one attached hydrogen (secondary N) is 1. The molecule has 140 valence electrons. The lowest BCUT2D eigenvalue weighted by Gasteiger charge is -2.34. The van der Waals surface area contributed by atoms with Gasteiger partial charge in [-0.1, -0.05) is 12.1 Å². The first-order chi connectivity index (χ1) is 12.7. The summed E-state index contributed by atoms with van der Waals surface area (Å²) in [5.74, 6) is 1.55. The van der Waals surface area contributed by atoms with Crippen molar-refractivity contribution < 1.29 is 9.53 Å². The van der Waals surface area contributed by atoms with Crippen molar-refractivity contribution in [3.63, 3.8) is 0 Å². The molecule has 2 heterocycles. The number of H-pyrrole nitrogens is 1. The molecule has 1 aromatic heterocycles. The van der Waals surface area contributed by atoms with Crippen molar-refractivity contribution in [2.75, 3.05) is 40.3 Å². The van der Waals surface area contributed by atoms with Gasteiger partial charge in [-0.25, -0.2) is 0 Å². The van der Waals surface area contributed by atoms with Crippen LogP contribution in [-0.4, -0.2) is 61.0 Å². The highest BCUT2D eigenvalue weighted by atomic mass is 16.5. The number of ether oxygens (including phenoxy) is 1. The maximum atomic E-state index is 12.4. The van der Waals surface area contributed by atoms with Gasteiger partial charge in [-0.2, -0.15) is 0 Å². The van der Waals surface area contributed by atoms with Gasteiger partial charge in [0.25, 0.3) is 5.91 Å². The summed E-state index contributed by atoms with van der Waals surface area (Å²) in [7, 11) is 3.60. The van der Waals surface area contributed by atoms with Crippen LogP contribution in [0.2, 0.25) is 0 Å². The van der Waals surface area contributed by atoms with Gasteiger partial charge in [-0.15, -0.1) is 0 Å². The second kappa shape index (κ2) is 8.90. The second-order valence-corrected chi connectivity index (χ2v) is 7.19. The molecule has 0 aliphatic carbocycles. The number of hydrogen-bond acceptors (Lipinski definition) is 3. The fraction of sp³-hybridized carbons (Fsp3) is 0.476. The summed E-state index contributed by atoms with van der Waals surface area (Å²) in [6.07, 6.45) is 7.02. The Morgan fingerprint density at radius 2 is 2.12 bits per heavy atom. The van der Waals surface area contributed by atoms with E-state index >= 15 is 0 Å². The van der Waals surface area contributed by atoms with Crippen LogP contribution in [0.25, 0.3) is 0 Å². The molecule has 0 saturated carbocycles. The van der Waals surface area contributed by atoms with Gasteiger partial charge < -0.3 is 19.5 Å². The van der Waals surface area contributed by atoms with E-state index in [0.29, 0.717) is 5.92 Å². The minimum atomic E-state index is 0.0987. The van der Waals surface area contributed by atoms with Crippen LogP contribution in [0.1, 0.15) is 28.8 Å². The molecule has 0 spiro atoms. The van der Waals surface area contributed by atoms with Crippen molar-refractivity contribution in [3.05, 3.63) is 53.9 Å². The smallest absolute Gasteiger partial charge is 0.255 e. The zero-order chi connectivity index (χ0) is 18.4. The molecule has 1 fully saturated rings. The quantitative estimate of drug-likeness (QED) is 0.830. The molecule has 1 amide bonds. The van der Waals surface area contributed by atoms with E-state index in [1.165, 1.54) is 18.4 Å². The van der Waals surface area contributed by atoms with Crippen LogP contribution in [0.4, 0.5) is 0 Å². The van der Waals surface area contributed by atoms with Gasteiger partial charge in [0.1, 0.15) is 5.75 Å². The molecule has 0 bridgehead atoms. The third-order valence-corrected chi connectivity index (χ3v) is 5.20. The van der Waals surface area contributed by atoms with Gasteiger partial charge >= 0.3 is 0 Å². The number of carbonyl (C=O) groups excluding carboxylic acids is 1. The van der Waals surface area contributed by atoms with Crippen LogP contribution in [-0.2, 0) is 6.42 Å². The van der Waals surface area contributed by atoms with Gasteiger partial charge in [0.15, 0.2) is 0 Å². The Morgan fingerprint density at radius 3 is 2.81 bits per heavy atom. The van der Waals surface area contributed by atoms with Crippen molar-refractivity contribution >= 4 is 5.91 Å². The summed E-state index contributed by atoms with van der Waals surface area (Å²) in [5, 5.41) is 0. The van der Waals surface area contributed by atoms with E-state index in [2.05, 4.69) is 22.0 Å². The average molecular weight is 355 g/mol. The Labute approximate surface area is 156 Å². The van der Waals surface area contributed by atoms with Crippen LogP contribution >= 0.6 is 0 Å². The highest BCUT2D eigenvalue weighted by molar-refractivity contribution is 5.93. The lowest BCUT2D eigenvalue weighted by atomic mass is 9.97. The third-order valence-electron chi connectivity index (χ3n) is 5.20. The molecular weight excluding hydrogens is 326 g/mol. The van der Waals surface area contributed by atoms with Gasteiger partial charge in [0.2, 0.25) is 0 Å². The lowest BCUT2D eigenvalue weighted by Crippen LogP contribution is -2.42. The molecule has 1 aliphatic heterocycles. The maximum Gasteiger partial charge on any atom is 0.255 e. The highest BCUT2D eigenvalue weighted by Gasteiger charge is 2.23. The first-order valence-electron chi connectivity index (χ1n) is 9.39. The Morgan fingerprint density at radius 1 is 1.31 bits per heavy atom. The third kappa shape index (κ3) is 4.88. The first-order valence-corrected chi connectivity index (χ1v) is 9.39. The van der Waals surface area contributed by atoms with Crippen LogP contribution in [0.15, 0.2) is 42.7 Å². The molecule has 1 aromatic carbocycles. The molecule has 1 aliphatic rings. The van der Waals surface area contributed by atoms with Crippen molar-refractivity contribution in [1.82, 2.24) is 14.8 Å². The summed E-state index contributed by atoms with van der Waals surface area (Å²) in [6, 6.07) is 10.2. The minimum Gasteiger partial charge on any atom is -0.497 e. The largest absolute Gasteiger partial charge is 0.497 e. The molecule has 0 unspecified atom stereocenters. The SMILES string of the molecule is COc1ccc(CCN2CCC[C@H](CN(C)C(=O)c3cc[nH]c3)C2)cc1. The standard InChI is InChI=1S/C21H29N3O2/c1-23(21(25)19-9-11-22-14-19)15-18-4-3-12-24(16-18)13-10-17-5-7-20(26-2)8-6-17/h5-9,11,14,18,22H,3-4,10,12-13,15-16H2,1-2H3/t18-/m1/s1. The molecule has 5 nitrogen and oxygen atoms in total. The van der Waals surface area contributed by atoms with E-state index in [1.54, 1.807) is 19.5 Å². The molecule has 1 atom stereocenters. The molecule has 1 saturated heterocycles. The topological polar surface area (TPSA) is 48.6 Å². The van der Waals surface area contributed by atoms with Crippen molar-refractivity contribution in [1.29, 1.82) is 0 Å². The second-order valence-electron chi connectivity index (χ2n) is 7.19. The normalized spacial score (nSPS) is 17.8. The number of methoxy groups -OCH3 is 1. The predicted octanol–water partition coefficient (Wildman–Crippen LogP) is 3.05. The van der Waals surface area contributed by atoms with Gasteiger partial charge in [0, 0.05) is 39.1 Å². The van der Waals surface area contributed by atoms with Gasteiger partial charge in [0.05, 0.1) is 12.7 Å². The van der Waals surface area contributed by atoms with Crippen LogP contribution in [0.3, 0.4) is 0 Å². The Kier molecular flexibility index (Phi) is 6.34. The fourth-order valence-electron chi connectivity index (χ4n) is 3.73. The maximum absolute atomic E-state index is 12.4. The van der Waals surface area contributed by atoms with E-state index in [0.717, 1.165) is 43.9 Å². The summed E-state index contributed by atoms with van der Waals surface area (Å²) in [4.78, 5) is 19.8. The minimum absolute atomic E-state index is 0.0987. The fourth-order valence-corrected chi connectivity index (χ4v) is 3.73. The number of carbonyl (C=O) groups is 1. The Hall–Kier alpha value is -2.27. The zero-order valence-electron chi connectivity index (χ0n) is 15.8. The van der Waals surface area contributed by atoms with Crippen LogP contribution in [0, 0.1) is 5.92 Å². The highest BCUT2D eigenvalue weighted by Crippen LogP contribution is 2.19. The first kappa shape index (κ1) is 18.5. The zero-order valence-corrected chi connectivity index (χ0v) is 15.8. The summed E-state index contributed by atoms with van der Waals surface area (Å²) in [6.45, 7) is 4.12. The molecule has 2 aromatic rings. The Balaban J connectivity index is 1.46. The number of aromatic amines is 1. The number of aromatic nitrogens is 1. The van der Waals surface area contributed by atoms with Gasteiger partial charge in [-0.3, -0.25) is 4.79 Å². The molecular formula is C21H29N3O2. The van der Waals surface area contributed by atoms with E-state index in [4.69, 9.17) is 4.74 Å². The lowest BCUT2D eigenvalue weighted by molar-refractivity contribution is 0.0730. The molecule has 26 heavy (non-hydrogen) atoms. The predicted molar refractivity (Wildman–Crippen MR) is 104 cm³/mol. The van der Waals surface area contributed by atoms with Crippen molar-refractivity contribution in [2.45, 2.75) is 19.3 Å². The molecule has 5 heteroatoms.